The quantitative estimate of drug-likeness (QED) is 0.575. The molecule has 0 aromatic carbocycles. The third-order valence-corrected chi connectivity index (χ3v) is 2.14. The lowest BCUT2D eigenvalue weighted by Gasteiger charge is -2.13. The Morgan fingerprint density at radius 3 is 2.20 bits per heavy atom. The lowest BCUT2D eigenvalue weighted by Crippen LogP contribution is -2.32. The number of carbonyl (C=O) groups is 1. The van der Waals surface area contributed by atoms with E-state index in [0.717, 1.165) is 12.8 Å². The molecular weight excluding hydrogens is 128 g/mol. The number of hydrogen-bond acceptors (Lipinski definition) is 2. The molecule has 2 N–H and O–H groups in total. The summed E-state index contributed by atoms with van der Waals surface area (Å²) in [6, 6.07) is 2.00. The Bertz CT molecular complexity index is 186. The highest BCUT2D eigenvalue weighted by molar-refractivity contribution is 5.83. The van der Waals surface area contributed by atoms with Crippen LogP contribution in [-0.4, -0.2) is 5.91 Å². The molecule has 0 aromatic rings. The standard InChI is InChI=1S/C7H10N2O/c8-5-7(6(9)10)3-1-2-4-7/h1-4H2,(H2,9,10). The fourth-order valence-electron chi connectivity index (χ4n) is 1.39. The molecule has 1 aliphatic carbocycles. The molecule has 0 atom stereocenters. The van der Waals surface area contributed by atoms with Gasteiger partial charge in [0.2, 0.25) is 5.91 Å². The zero-order valence-corrected chi connectivity index (χ0v) is 5.76. The van der Waals surface area contributed by atoms with Crippen molar-refractivity contribution in [2.24, 2.45) is 11.1 Å². The highest BCUT2D eigenvalue weighted by Gasteiger charge is 2.39. The minimum atomic E-state index is -0.819. The Morgan fingerprint density at radius 1 is 1.50 bits per heavy atom. The van der Waals surface area contributed by atoms with Gasteiger partial charge in [-0.2, -0.15) is 5.26 Å². The van der Waals surface area contributed by atoms with E-state index in [0.29, 0.717) is 12.8 Å². The van der Waals surface area contributed by atoms with E-state index < -0.39 is 11.3 Å². The van der Waals surface area contributed by atoms with Crippen molar-refractivity contribution in [3.8, 4) is 6.07 Å². The zero-order valence-electron chi connectivity index (χ0n) is 5.76. The van der Waals surface area contributed by atoms with Crippen molar-refractivity contribution in [1.29, 1.82) is 5.26 Å². The molecule has 54 valence electrons. The van der Waals surface area contributed by atoms with E-state index in [1.165, 1.54) is 0 Å². The largest absolute Gasteiger partial charge is 0.368 e. The van der Waals surface area contributed by atoms with Crippen molar-refractivity contribution in [1.82, 2.24) is 0 Å². The molecule has 0 spiro atoms. The summed E-state index contributed by atoms with van der Waals surface area (Å²) >= 11 is 0. The maximum Gasteiger partial charge on any atom is 0.237 e. The van der Waals surface area contributed by atoms with Gasteiger partial charge < -0.3 is 5.73 Å². The molecule has 1 amide bonds. The second-order valence-electron chi connectivity index (χ2n) is 2.77. The van der Waals surface area contributed by atoms with Crippen molar-refractivity contribution in [3.05, 3.63) is 0 Å². The van der Waals surface area contributed by atoms with E-state index >= 15 is 0 Å². The van der Waals surface area contributed by atoms with E-state index in [4.69, 9.17) is 11.0 Å². The average molecular weight is 138 g/mol. The first-order valence-electron chi connectivity index (χ1n) is 3.42. The maximum absolute atomic E-state index is 10.8. The summed E-state index contributed by atoms with van der Waals surface area (Å²) in [5.41, 5.74) is 4.26. The van der Waals surface area contributed by atoms with Crippen LogP contribution in [0.4, 0.5) is 0 Å². The molecule has 0 aromatic heterocycles. The summed E-state index contributed by atoms with van der Waals surface area (Å²) < 4.78 is 0. The molecule has 0 saturated heterocycles. The third-order valence-electron chi connectivity index (χ3n) is 2.14. The van der Waals surface area contributed by atoms with Gasteiger partial charge in [0.15, 0.2) is 0 Å². The van der Waals surface area contributed by atoms with Gasteiger partial charge in [0.25, 0.3) is 0 Å². The highest BCUT2D eigenvalue weighted by Crippen LogP contribution is 2.36. The summed E-state index contributed by atoms with van der Waals surface area (Å²) in [6.45, 7) is 0. The summed E-state index contributed by atoms with van der Waals surface area (Å²) in [6.07, 6.45) is 3.21. The molecule has 0 bridgehead atoms. The number of carbonyl (C=O) groups excluding carboxylic acids is 1. The fraction of sp³-hybridized carbons (Fsp3) is 0.714. The molecule has 1 fully saturated rings. The predicted octanol–water partition coefficient (Wildman–Crippen LogP) is 0.556. The number of primary amides is 1. The van der Waals surface area contributed by atoms with Crippen LogP contribution in [0.1, 0.15) is 25.7 Å². The maximum atomic E-state index is 10.8. The highest BCUT2D eigenvalue weighted by atomic mass is 16.1. The van der Waals surface area contributed by atoms with Crippen molar-refractivity contribution in [2.75, 3.05) is 0 Å². The van der Waals surface area contributed by atoms with E-state index in [-0.39, 0.29) is 0 Å². The normalized spacial score (nSPS) is 21.9. The molecule has 0 aliphatic heterocycles. The minimum absolute atomic E-state index is 0.451. The molecule has 1 aliphatic rings. The van der Waals surface area contributed by atoms with Crippen LogP contribution in [-0.2, 0) is 4.79 Å². The molecular formula is C7H10N2O. The van der Waals surface area contributed by atoms with Crippen LogP contribution in [0.5, 0.6) is 0 Å². The Hall–Kier alpha value is -1.04. The first-order valence-corrected chi connectivity index (χ1v) is 3.42. The third kappa shape index (κ3) is 0.860. The average Bonchev–Trinajstić information content (AvgIpc) is 2.35. The summed E-state index contributed by atoms with van der Waals surface area (Å²) in [5, 5.41) is 8.64. The Morgan fingerprint density at radius 2 is 2.00 bits per heavy atom. The van der Waals surface area contributed by atoms with Gasteiger partial charge in [-0.1, -0.05) is 12.8 Å². The van der Waals surface area contributed by atoms with Gasteiger partial charge in [0.05, 0.1) is 6.07 Å². The number of hydrogen-bond donors (Lipinski definition) is 1. The van der Waals surface area contributed by atoms with E-state index in [1.807, 2.05) is 6.07 Å². The van der Waals surface area contributed by atoms with Crippen molar-refractivity contribution < 1.29 is 4.79 Å². The molecule has 1 saturated carbocycles. The number of nitrogens with zero attached hydrogens (tertiary/aromatic N) is 1. The van der Waals surface area contributed by atoms with Crippen LogP contribution >= 0.6 is 0 Å². The number of nitrogens with two attached hydrogens (primary N) is 1. The molecule has 0 unspecified atom stereocenters. The van der Waals surface area contributed by atoms with Crippen LogP contribution in [0, 0.1) is 16.7 Å². The first kappa shape index (κ1) is 7.07. The molecule has 3 nitrogen and oxygen atoms in total. The molecule has 0 radical (unpaired) electrons. The van der Waals surface area contributed by atoms with E-state index in [1.54, 1.807) is 0 Å². The lowest BCUT2D eigenvalue weighted by atomic mass is 9.87. The van der Waals surface area contributed by atoms with Crippen LogP contribution in [0.15, 0.2) is 0 Å². The predicted molar refractivity (Wildman–Crippen MR) is 35.7 cm³/mol. The van der Waals surface area contributed by atoms with Crippen LogP contribution in [0.25, 0.3) is 0 Å². The van der Waals surface area contributed by atoms with Gasteiger partial charge in [-0.25, -0.2) is 0 Å². The van der Waals surface area contributed by atoms with Gasteiger partial charge in [0.1, 0.15) is 5.41 Å². The van der Waals surface area contributed by atoms with Crippen LogP contribution in [0.3, 0.4) is 0 Å². The van der Waals surface area contributed by atoms with Gasteiger partial charge in [0, 0.05) is 0 Å². The van der Waals surface area contributed by atoms with Crippen molar-refractivity contribution in [2.45, 2.75) is 25.7 Å². The molecule has 3 heteroatoms. The number of rotatable bonds is 1. The SMILES string of the molecule is N#CC1(C(N)=O)CCCC1. The zero-order chi connectivity index (χ0) is 7.61. The summed E-state index contributed by atoms with van der Waals surface area (Å²) in [7, 11) is 0. The number of nitriles is 1. The molecule has 0 heterocycles. The molecule has 1 rings (SSSR count). The van der Waals surface area contributed by atoms with Gasteiger partial charge in [-0.3, -0.25) is 4.79 Å². The first-order chi connectivity index (χ1) is 4.71. The van der Waals surface area contributed by atoms with Gasteiger partial charge in [-0.05, 0) is 12.8 Å². The monoisotopic (exact) mass is 138 g/mol. The van der Waals surface area contributed by atoms with E-state index in [9.17, 15) is 4.79 Å². The second kappa shape index (κ2) is 2.30. The Balaban J connectivity index is 2.80. The second-order valence-corrected chi connectivity index (χ2v) is 2.77. The van der Waals surface area contributed by atoms with E-state index in [2.05, 4.69) is 0 Å². The summed E-state index contributed by atoms with van der Waals surface area (Å²) in [4.78, 5) is 10.8. The van der Waals surface area contributed by atoms with Gasteiger partial charge in [-0.15, -0.1) is 0 Å². The van der Waals surface area contributed by atoms with Crippen LogP contribution < -0.4 is 5.73 Å². The Kier molecular flexibility index (Phi) is 1.62. The number of amides is 1. The van der Waals surface area contributed by atoms with Crippen molar-refractivity contribution in [3.63, 3.8) is 0 Å². The smallest absolute Gasteiger partial charge is 0.237 e. The fourth-order valence-corrected chi connectivity index (χ4v) is 1.39. The minimum Gasteiger partial charge on any atom is -0.368 e. The summed E-state index contributed by atoms with van der Waals surface area (Å²) in [5.74, 6) is -0.451. The van der Waals surface area contributed by atoms with Gasteiger partial charge >= 0.3 is 0 Å². The lowest BCUT2D eigenvalue weighted by molar-refractivity contribution is -0.124. The van der Waals surface area contributed by atoms with Crippen molar-refractivity contribution >= 4 is 5.91 Å². The molecule has 10 heavy (non-hydrogen) atoms. The van der Waals surface area contributed by atoms with Crippen LogP contribution in [0.2, 0.25) is 0 Å². The topological polar surface area (TPSA) is 66.9 Å². The Labute approximate surface area is 59.8 Å².